The molecule has 8 heteroatoms. The Morgan fingerprint density at radius 2 is 1.97 bits per heavy atom. The van der Waals surface area contributed by atoms with Gasteiger partial charge in [0.05, 0.1) is 12.6 Å². The molecule has 3 rings (SSSR count). The summed E-state index contributed by atoms with van der Waals surface area (Å²) in [6, 6.07) is 6.58. The number of carbonyl (C=O) groups excluding carboxylic acids is 1. The first-order chi connectivity index (χ1) is 15.6. The highest BCUT2D eigenvalue weighted by atomic mass is 127. The third-order valence-corrected chi connectivity index (χ3v) is 6.04. The monoisotopic (exact) mass is 572 g/mol. The topological polar surface area (TPSA) is 84.0 Å². The minimum Gasteiger partial charge on any atom is -0.491 e. The van der Waals surface area contributed by atoms with Crippen molar-refractivity contribution in [3.63, 3.8) is 0 Å². The summed E-state index contributed by atoms with van der Waals surface area (Å²) >= 11 is 0. The molecule has 1 atom stereocenters. The van der Waals surface area contributed by atoms with E-state index in [1.54, 1.807) is 0 Å². The van der Waals surface area contributed by atoms with Gasteiger partial charge >= 0.3 is 0 Å². The van der Waals surface area contributed by atoms with Crippen LogP contribution in [0.2, 0.25) is 0 Å². The summed E-state index contributed by atoms with van der Waals surface area (Å²) in [5.41, 5.74) is 2.20. The Labute approximate surface area is 215 Å². The molecule has 186 valence electrons. The van der Waals surface area contributed by atoms with Crippen LogP contribution >= 0.6 is 24.0 Å². The fraction of sp³-hybridized carbons (Fsp3) is 0.680. The Bertz CT molecular complexity index is 747. The van der Waals surface area contributed by atoms with Crippen molar-refractivity contribution in [1.29, 1.82) is 0 Å². The van der Waals surface area contributed by atoms with E-state index >= 15 is 0 Å². The number of carbonyl (C=O) groups is 1. The number of rotatable bonds is 10. The minimum absolute atomic E-state index is 0. The van der Waals surface area contributed by atoms with Gasteiger partial charge in [-0.15, -0.1) is 24.0 Å². The highest BCUT2D eigenvalue weighted by molar-refractivity contribution is 14.0. The molecule has 1 saturated carbocycles. The number of nitrogens with zero attached hydrogens (tertiary/aromatic N) is 1. The van der Waals surface area contributed by atoms with E-state index in [-0.39, 0.29) is 36.0 Å². The number of hydrogen-bond acceptors (Lipinski definition) is 4. The molecule has 3 N–H and O–H groups in total. The predicted molar refractivity (Wildman–Crippen MR) is 144 cm³/mol. The number of amides is 1. The first-order valence-corrected chi connectivity index (χ1v) is 12.3. The van der Waals surface area contributed by atoms with E-state index in [2.05, 4.69) is 41.1 Å². The van der Waals surface area contributed by atoms with Gasteiger partial charge in [0.2, 0.25) is 5.91 Å². The highest BCUT2D eigenvalue weighted by Gasteiger charge is 2.17. The zero-order valence-electron chi connectivity index (χ0n) is 20.2. The van der Waals surface area contributed by atoms with E-state index in [1.807, 2.05) is 6.92 Å². The summed E-state index contributed by atoms with van der Waals surface area (Å²) in [6.45, 7) is 7.33. The van der Waals surface area contributed by atoms with Crippen LogP contribution in [0.1, 0.15) is 69.4 Å². The van der Waals surface area contributed by atoms with E-state index in [0.717, 1.165) is 55.7 Å². The molecule has 0 spiro atoms. The second kappa shape index (κ2) is 15.4. The van der Waals surface area contributed by atoms with E-state index in [9.17, 15) is 4.79 Å². The van der Waals surface area contributed by atoms with Gasteiger partial charge in [-0.3, -0.25) is 4.79 Å². The summed E-state index contributed by atoms with van der Waals surface area (Å²) in [5.74, 6) is 1.69. The van der Waals surface area contributed by atoms with Gasteiger partial charge in [-0.05, 0) is 51.2 Å². The molecule has 0 radical (unpaired) electrons. The highest BCUT2D eigenvalue weighted by Crippen LogP contribution is 2.23. The van der Waals surface area contributed by atoms with Gasteiger partial charge in [0, 0.05) is 37.7 Å². The van der Waals surface area contributed by atoms with Crippen LogP contribution in [-0.4, -0.2) is 50.3 Å². The van der Waals surface area contributed by atoms with Gasteiger partial charge in [0.25, 0.3) is 0 Å². The van der Waals surface area contributed by atoms with Gasteiger partial charge in [0.15, 0.2) is 5.96 Å². The third-order valence-electron chi connectivity index (χ3n) is 6.04. The van der Waals surface area contributed by atoms with Crippen molar-refractivity contribution in [3.05, 3.63) is 29.3 Å². The molecular weight excluding hydrogens is 531 g/mol. The Balaban J connectivity index is 0.00000385. The number of nitrogens with one attached hydrogen (secondary N) is 3. The lowest BCUT2D eigenvalue weighted by Gasteiger charge is -2.22. The van der Waals surface area contributed by atoms with Crippen molar-refractivity contribution >= 4 is 35.8 Å². The smallest absolute Gasteiger partial charge is 0.221 e. The molecule has 1 aliphatic heterocycles. The maximum Gasteiger partial charge on any atom is 0.221 e. The number of halogens is 1. The van der Waals surface area contributed by atoms with Crippen LogP contribution in [-0.2, 0) is 16.1 Å². The van der Waals surface area contributed by atoms with E-state index in [0.29, 0.717) is 38.1 Å². The molecule has 2 aliphatic rings. The maximum absolute atomic E-state index is 12.2. The van der Waals surface area contributed by atoms with Crippen LogP contribution in [0.15, 0.2) is 23.2 Å². The lowest BCUT2D eigenvalue weighted by Crippen LogP contribution is -2.41. The summed E-state index contributed by atoms with van der Waals surface area (Å²) in [4.78, 5) is 17.0. The van der Waals surface area contributed by atoms with Gasteiger partial charge in [-0.25, -0.2) is 4.99 Å². The first-order valence-electron chi connectivity index (χ1n) is 12.3. The normalized spacial score (nSPS) is 19.0. The molecule has 2 fully saturated rings. The number of hydrogen-bond donors (Lipinski definition) is 3. The van der Waals surface area contributed by atoms with Crippen LogP contribution in [0, 0.1) is 6.92 Å². The average molecular weight is 573 g/mol. The first kappa shape index (κ1) is 27.7. The molecule has 0 aromatic heterocycles. The molecule has 1 saturated heterocycles. The Hall–Kier alpha value is -1.55. The largest absolute Gasteiger partial charge is 0.491 e. The summed E-state index contributed by atoms with van der Waals surface area (Å²) in [6.07, 6.45) is 8.74. The number of benzene rings is 1. The fourth-order valence-electron chi connectivity index (χ4n) is 4.23. The molecule has 1 amide bonds. The molecular formula is C25H41IN4O3. The SMILES string of the molecule is CCNC(=NCc1ccc(C)cc1OCC1CCCO1)NCCC(=O)NC1CCCCC1.I. The second-order valence-electron chi connectivity index (χ2n) is 8.83. The van der Waals surface area contributed by atoms with E-state index in [1.165, 1.54) is 19.3 Å². The quantitative estimate of drug-likeness (QED) is 0.224. The van der Waals surface area contributed by atoms with E-state index in [4.69, 9.17) is 14.5 Å². The second-order valence-corrected chi connectivity index (χ2v) is 8.83. The Kier molecular flexibility index (Phi) is 12.9. The lowest BCUT2D eigenvalue weighted by molar-refractivity contribution is -0.121. The average Bonchev–Trinajstić information content (AvgIpc) is 3.31. The molecule has 0 bridgehead atoms. The predicted octanol–water partition coefficient (Wildman–Crippen LogP) is 4.06. The minimum atomic E-state index is 0. The zero-order chi connectivity index (χ0) is 22.6. The summed E-state index contributed by atoms with van der Waals surface area (Å²) in [7, 11) is 0. The van der Waals surface area contributed by atoms with Crippen LogP contribution < -0.4 is 20.7 Å². The fourth-order valence-corrected chi connectivity index (χ4v) is 4.23. The molecule has 1 aliphatic carbocycles. The molecule has 1 aromatic rings. The van der Waals surface area contributed by atoms with Gasteiger partial charge in [0.1, 0.15) is 12.4 Å². The van der Waals surface area contributed by atoms with Gasteiger partial charge < -0.3 is 25.4 Å². The molecule has 1 aromatic carbocycles. The van der Waals surface area contributed by atoms with Crippen molar-refractivity contribution in [2.75, 3.05) is 26.3 Å². The van der Waals surface area contributed by atoms with Crippen molar-refractivity contribution in [1.82, 2.24) is 16.0 Å². The van der Waals surface area contributed by atoms with Crippen molar-refractivity contribution in [3.8, 4) is 5.75 Å². The molecule has 7 nitrogen and oxygen atoms in total. The molecule has 1 unspecified atom stereocenters. The number of guanidine groups is 1. The Morgan fingerprint density at radius 1 is 1.15 bits per heavy atom. The van der Waals surface area contributed by atoms with Crippen LogP contribution in [0.3, 0.4) is 0 Å². The number of aryl methyl sites for hydroxylation is 1. The summed E-state index contributed by atoms with van der Waals surface area (Å²) < 4.78 is 11.8. The lowest BCUT2D eigenvalue weighted by atomic mass is 9.95. The van der Waals surface area contributed by atoms with Gasteiger partial charge in [-0.1, -0.05) is 31.4 Å². The van der Waals surface area contributed by atoms with Gasteiger partial charge in [-0.2, -0.15) is 0 Å². The van der Waals surface area contributed by atoms with Crippen LogP contribution in [0.5, 0.6) is 5.75 Å². The Morgan fingerprint density at radius 3 is 2.70 bits per heavy atom. The summed E-state index contributed by atoms with van der Waals surface area (Å²) in [5, 5.41) is 9.71. The van der Waals surface area contributed by atoms with Crippen LogP contribution in [0.25, 0.3) is 0 Å². The number of ether oxygens (including phenoxy) is 2. The van der Waals surface area contributed by atoms with Crippen molar-refractivity contribution in [2.24, 2.45) is 4.99 Å². The maximum atomic E-state index is 12.2. The zero-order valence-corrected chi connectivity index (χ0v) is 22.5. The van der Waals surface area contributed by atoms with E-state index < -0.39 is 0 Å². The molecule has 33 heavy (non-hydrogen) atoms. The number of aliphatic imine (C=N–C) groups is 1. The van der Waals surface area contributed by atoms with Crippen LogP contribution in [0.4, 0.5) is 0 Å². The molecule has 1 heterocycles. The third kappa shape index (κ3) is 10.1. The standard InChI is InChI=1S/C25H40N4O3.HI/c1-3-26-25(27-14-13-24(30)29-21-8-5-4-6-9-21)28-17-20-12-11-19(2)16-23(20)32-18-22-10-7-15-31-22;/h11-12,16,21-22H,3-10,13-15,17-18H2,1-2H3,(H,29,30)(H2,26,27,28);1H. The van der Waals surface area contributed by atoms with Crippen molar-refractivity contribution in [2.45, 2.75) is 83.9 Å². The van der Waals surface area contributed by atoms with Crippen molar-refractivity contribution < 1.29 is 14.3 Å².